The van der Waals surface area contributed by atoms with E-state index < -0.39 is 41.7 Å². The molecule has 1 rings (SSSR count). The first kappa shape index (κ1) is 19.3. The number of benzene rings is 1. The summed E-state index contributed by atoms with van der Waals surface area (Å²) in [4.78, 5) is 33.6. The van der Waals surface area contributed by atoms with Gasteiger partial charge in [-0.3, -0.25) is 9.59 Å². The van der Waals surface area contributed by atoms with Crippen LogP contribution < -0.4 is 22.1 Å². The van der Waals surface area contributed by atoms with Crippen molar-refractivity contribution < 1.29 is 27.6 Å². The molecule has 1 aromatic rings. The van der Waals surface area contributed by atoms with Crippen LogP contribution in [0.2, 0.25) is 0 Å². The minimum atomic E-state index is -4.42. The van der Waals surface area contributed by atoms with Crippen molar-refractivity contribution in [3.63, 3.8) is 0 Å². The summed E-state index contributed by atoms with van der Waals surface area (Å²) in [5, 5.41) is 4.44. The summed E-state index contributed by atoms with van der Waals surface area (Å²) in [6.45, 7) is 1.60. The van der Waals surface area contributed by atoms with Crippen LogP contribution in [0.1, 0.15) is 18.1 Å². The highest BCUT2D eigenvalue weighted by atomic mass is 19.4. The zero-order valence-corrected chi connectivity index (χ0v) is 12.7. The average Bonchev–Trinajstić information content (AvgIpc) is 2.43. The highest BCUT2D eigenvalue weighted by Crippen LogP contribution is 2.29. The first-order chi connectivity index (χ1) is 11.0. The fourth-order valence-electron chi connectivity index (χ4n) is 1.91. The van der Waals surface area contributed by atoms with E-state index in [4.69, 9.17) is 11.5 Å². The molecule has 0 aliphatic rings. The molecule has 0 fully saturated rings. The van der Waals surface area contributed by atoms with Gasteiger partial charge >= 0.3 is 12.2 Å². The first-order valence-electron chi connectivity index (χ1n) is 6.82. The molecule has 7 nitrogen and oxygen atoms in total. The van der Waals surface area contributed by atoms with Crippen LogP contribution >= 0.6 is 0 Å². The molecular weight excluding hydrogens is 329 g/mol. The highest BCUT2D eigenvalue weighted by Gasteiger charge is 2.30. The number of amides is 4. The van der Waals surface area contributed by atoms with E-state index in [0.717, 1.165) is 12.1 Å². The van der Waals surface area contributed by atoms with Crippen molar-refractivity contribution >= 4 is 17.8 Å². The largest absolute Gasteiger partial charge is 0.416 e. The average molecular weight is 346 g/mol. The SMILES string of the molecule is C[C@@H](Cc1ccc(C(F)(F)F)cc1)NC(=O)NC(C(N)=O)C(N)=O. The predicted octanol–water partition coefficient (Wildman–Crippen LogP) is 0.275. The lowest BCUT2D eigenvalue weighted by Gasteiger charge is -2.17. The Kier molecular flexibility index (Phi) is 6.15. The van der Waals surface area contributed by atoms with E-state index in [-0.39, 0.29) is 6.42 Å². The van der Waals surface area contributed by atoms with Gasteiger partial charge in [0, 0.05) is 6.04 Å². The quantitative estimate of drug-likeness (QED) is 0.552. The second kappa shape index (κ2) is 7.66. The molecule has 0 radical (unpaired) electrons. The van der Waals surface area contributed by atoms with Crippen molar-refractivity contribution in [2.24, 2.45) is 11.5 Å². The number of primary amides is 2. The molecule has 0 bridgehead atoms. The zero-order valence-electron chi connectivity index (χ0n) is 12.7. The Morgan fingerprint density at radius 3 is 1.96 bits per heavy atom. The van der Waals surface area contributed by atoms with E-state index in [9.17, 15) is 27.6 Å². The van der Waals surface area contributed by atoms with Crippen LogP contribution in [0.3, 0.4) is 0 Å². The van der Waals surface area contributed by atoms with E-state index in [0.29, 0.717) is 5.56 Å². The van der Waals surface area contributed by atoms with E-state index >= 15 is 0 Å². The number of carbonyl (C=O) groups is 3. The molecule has 0 heterocycles. The molecule has 1 atom stereocenters. The Morgan fingerprint density at radius 2 is 1.54 bits per heavy atom. The molecule has 0 unspecified atom stereocenters. The molecule has 0 saturated heterocycles. The van der Waals surface area contributed by atoms with Crippen molar-refractivity contribution in [3.8, 4) is 0 Å². The highest BCUT2D eigenvalue weighted by molar-refractivity contribution is 6.05. The van der Waals surface area contributed by atoms with E-state index in [1.54, 1.807) is 6.92 Å². The Bertz CT molecular complexity index is 603. The lowest BCUT2D eigenvalue weighted by atomic mass is 10.1. The van der Waals surface area contributed by atoms with Crippen LogP contribution in [0.5, 0.6) is 0 Å². The summed E-state index contributed by atoms with van der Waals surface area (Å²) in [6.07, 6.45) is -4.18. The summed E-state index contributed by atoms with van der Waals surface area (Å²) in [5.41, 5.74) is 9.63. The fraction of sp³-hybridized carbons (Fsp3) is 0.357. The van der Waals surface area contributed by atoms with Gasteiger partial charge in [-0.2, -0.15) is 13.2 Å². The summed E-state index contributed by atoms with van der Waals surface area (Å²) in [5.74, 6) is -2.21. The van der Waals surface area contributed by atoms with Crippen molar-refractivity contribution in [1.82, 2.24) is 10.6 Å². The second-order valence-electron chi connectivity index (χ2n) is 5.16. The van der Waals surface area contributed by atoms with Crippen LogP contribution in [0.4, 0.5) is 18.0 Å². The van der Waals surface area contributed by atoms with Gasteiger partial charge in [-0.1, -0.05) is 12.1 Å². The number of hydrogen-bond donors (Lipinski definition) is 4. The number of carbonyl (C=O) groups excluding carboxylic acids is 3. The number of hydrogen-bond acceptors (Lipinski definition) is 3. The molecule has 4 amide bonds. The van der Waals surface area contributed by atoms with Crippen LogP contribution in [-0.2, 0) is 22.2 Å². The van der Waals surface area contributed by atoms with Crippen molar-refractivity contribution in [3.05, 3.63) is 35.4 Å². The Hall–Kier alpha value is -2.78. The number of urea groups is 1. The lowest BCUT2D eigenvalue weighted by Crippen LogP contribution is -2.56. The minimum absolute atomic E-state index is 0.239. The van der Waals surface area contributed by atoms with Crippen molar-refractivity contribution in [2.45, 2.75) is 31.6 Å². The fourth-order valence-corrected chi connectivity index (χ4v) is 1.91. The van der Waals surface area contributed by atoms with Gasteiger partial charge in [-0.15, -0.1) is 0 Å². The predicted molar refractivity (Wildman–Crippen MR) is 78.5 cm³/mol. The third kappa shape index (κ3) is 5.78. The number of alkyl halides is 3. The minimum Gasteiger partial charge on any atom is -0.367 e. The van der Waals surface area contributed by atoms with Gasteiger partial charge in [-0.25, -0.2) is 4.79 Å². The molecule has 1 aromatic carbocycles. The number of halogens is 3. The maximum atomic E-state index is 12.5. The standard InChI is InChI=1S/C14H17F3N4O3/c1-7(20-13(24)21-10(11(18)22)12(19)23)6-8-2-4-9(5-3-8)14(15,16)17/h2-5,7,10H,6H2,1H3,(H2,18,22)(H2,19,23)(H2,20,21,24)/t7-/m0/s1. The van der Waals surface area contributed by atoms with E-state index in [2.05, 4.69) is 5.32 Å². The molecule has 6 N–H and O–H groups in total. The van der Waals surface area contributed by atoms with Gasteiger partial charge in [0.2, 0.25) is 11.8 Å². The number of nitrogens with two attached hydrogens (primary N) is 2. The van der Waals surface area contributed by atoms with Crippen LogP contribution in [0.15, 0.2) is 24.3 Å². The third-order valence-electron chi connectivity index (χ3n) is 3.05. The zero-order chi connectivity index (χ0) is 18.5. The van der Waals surface area contributed by atoms with Crippen LogP contribution in [-0.4, -0.2) is 29.9 Å². The second-order valence-corrected chi connectivity index (χ2v) is 5.16. The number of rotatable bonds is 6. The smallest absolute Gasteiger partial charge is 0.367 e. The molecule has 24 heavy (non-hydrogen) atoms. The summed E-state index contributed by atoms with van der Waals surface area (Å²) < 4.78 is 37.4. The van der Waals surface area contributed by atoms with Gasteiger partial charge in [-0.05, 0) is 31.0 Å². The van der Waals surface area contributed by atoms with E-state index in [1.807, 2.05) is 5.32 Å². The molecule has 10 heteroatoms. The summed E-state index contributed by atoms with van der Waals surface area (Å²) in [6, 6.07) is 1.50. The van der Waals surface area contributed by atoms with Crippen LogP contribution in [0, 0.1) is 0 Å². The Labute approximate surface area is 135 Å². The maximum absolute atomic E-state index is 12.5. The Balaban J connectivity index is 2.59. The third-order valence-corrected chi connectivity index (χ3v) is 3.05. The molecule has 0 saturated carbocycles. The first-order valence-corrected chi connectivity index (χ1v) is 6.82. The molecular formula is C14H17F3N4O3. The lowest BCUT2D eigenvalue weighted by molar-refractivity contribution is -0.137. The molecule has 0 aliphatic heterocycles. The summed E-state index contributed by atoms with van der Waals surface area (Å²) in [7, 11) is 0. The van der Waals surface area contributed by atoms with Crippen molar-refractivity contribution in [1.29, 1.82) is 0 Å². The van der Waals surface area contributed by atoms with Gasteiger partial charge in [0.25, 0.3) is 0 Å². The molecule has 0 aromatic heterocycles. The summed E-state index contributed by atoms with van der Waals surface area (Å²) >= 11 is 0. The topological polar surface area (TPSA) is 127 Å². The van der Waals surface area contributed by atoms with Gasteiger partial charge in [0.15, 0.2) is 6.04 Å². The molecule has 0 spiro atoms. The maximum Gasteiger partial charge on any atom is 0.416 e. The molecule has 0 aliphatic carbocycles. The van der Waals surface area contributed by atoms with Gasteiger partial charge < -0.3 is 22.1 Å². The van der Waals surface area contributed by atoms with Gasteiger partial charge in [0.05, 0.1) is 5.56 Å². The van der Waals surface area contributed by atoms with Crippen LogP contribution in [0.25, 0.3) is 0 Å². The normalized spacial score (nSPS) is 12.5. The van der Waals surface area contributed by atoms with E-state index in [1.165, 1.54) is 12.1 Å². The van der Waals surface area contributed by atoms with Crippen molar-refractivity contribution in [2.75, 3.05) is 0 Å². The molecule has 132 valence electrons. The Morgan fingerprint density at radius 1 is 1.04 bits per heavy atom. The monoisotopic (exact) mass is 346 g/mol. The van der Waals surface area contributed by atoms with Gasteiger partial charge in [0.1, 0.15) is 0 Å². The number of nitrogens with one attached hydrogen (secondary N) is 2.